The van der Waals surface area contributed by atoms with Crippen LogP contribution in [0.15, 0.2) is 211 Å². The maximum atomic E-state index is 6.16. The lowest BCUT2D eigenvalue weighted by molar-refractivity contribution is 0.620. The van der Waals surface area contributed by atoms with Crippen LogP contribution in [-0.2, 0) is 5.41 Å². The summed E-state index contributed by atoms with van der Waals surface area (Å²) < 4.78 is 6.16. The van der Waals surface area contributed by atoms with Crippen LogP contribution < -0.4 is 4.90 Å². The molecule has 10 rings (SSSR count). The molecular formula is C50H34N2O. The minimum atomic E-state index is -0.508. The number of rotatable bonds is 7. The van der Waals surface area contributed by atoms with E-state index in [0.717, 1.165) is 44.9 Å². The average Bonchev–Trinajstić information content (AvgIpc) is 3.81. The van der Waals surface area contributed by atoms with Crippen LogP contribution >= 0.6 is 0 Å². The molecule has 0 atom stereocenters. The number of anilines is 3. The van der Waals surface area contributed by atoms with Crippen molar-refractivity contribution in [2.45, 2.75) is 5.41 Å². The number of nitrogens with zero attached hydrogens (tertiary/aromatic N) is 2. The third kappa shape index (κ3) is 5.01. The van der Waals surface area contributed by atoms with Gasteiger partial charge in [-0.2, -0.15) is 0 Å². The Labute approximate surface area is 309 Å². The van der Waals surface area contributed by atoms with Crippen LogP contribution in [0.3, 0.4) is 0 Å². The van der Waals surface area contributed by atoms with Crippen LogP contribution in [0.1, 0.15) is 22.3 Å². The van der Waals surface area contributed by atoms with Crippen molar-refractivity contribution >= 4 is 28.2 Å². The van der Waals surface area contributed by atoms with Crippen molar-refractivity contribution in [1.82, 2.24) is 4.98 Å². The summed E-state index contributed by atoms with van der Waals surface area (Å²) >= 11 is 0. The number of para-hydroxylation sites is 3. The highest BCUT2D eigenvalue weighted by molar-refractivity contribution is 5.90. The van der Waals surface area contributed by atoms with E-state index in [9.17, 15) is 0 Å². The van der Waals surface area contributed by atoms with Gasteiger partial charge < -0.3 is 9.32 Å². The average molecular weight is 679 g/mol. The van der Waals surface area contributed by atoms with E-state index in [2.05, 4.69) is 187 Å². The molecule has 8 aromatic carbocycles. The van der Waals surface area contributed by atoms with Gasteiger partial charge in [0.05, 0.1) is 11.1 Å². The van der Waals surface area contributed by atoms with Crippen molar-refractivity contribution in [3.63, 3.8) is 0 Å². The molecule has 1 aliphatic rings. The first kappa shape index (κ1) is 30.8. The molecule has 0 fully saturated rings. The van der Waals surface area contributed by atoms with Gasteiger partial charge in [-0.3, -0.25) is 0 Å². The van der Waals surface area contributed by atoms with Crippen LogP contribution in [-0.4, -0.2) is 4.98 Å². The molecule has 1 heterocycles. The molecule has 53 heavy (non-hydrogen) atoms. The van der Waals surface area contributed by atoms with Crippen molar-refractivity contribution in [2.24, 2.45) is 0 Å². The van der Waals surface area contributed by atoms with E-state index in [1.807, 2.05) is 24.3 Å². The summed E-state index contributed by atoms with van der Waals surface area (Å²) in [6.07, 6.45) is 0. The van der Waals surface area contributed by atoms with Crippen molar-refractivity contribution in [3.8, 4) is 33.7 Å². The first-order chi connectivity index (χ1) is 26.3. The van der Waals surface area contributed by atoms with Crippen LogP contribution in [0, 0.1) is 0 Å². The molecule has 3 heteroatoms. The molecule has 0 amide bonds. The van der Waals surface area contributed by atoms with E-state index in [0.29, 0.717) is 5.89 Å². The first-order valence-corrected chi connectivity index (χ1v) is 18.0. The molecule has 0 unspecified atom stereocenters. The Bertz CT molecular complexity index is 2650. The van der Waals surface area contributed by atoms with E-state index in [4.69, 9.17) is 9.40 Å². The molecule has 0 aliphatic heterocycles. The van der Waals surface area contributed by atoms with Crippen LogP contribution in [0.25, 0.3) is 44.8 Å². The third-order valence-electron chi connectivity index (χ3n) is 10.6. The Morgan fingerprint density at radius 2 is 1.00 bits per heavy atom. The topological polar surface area (TPSA) is 29.3 Å². The summed E-state index contributed by atoms with van der Waals surface area (Å²) in [6, 6.07) is 73.7. The van der Waals surface area contributed by atoms with Crippen LogP contribution in [0.4, 0.5) is 17.1 Å². The van der Waals surface area contributed by atoms with E-state index in [1.165, 1.54) is 33.4 Å². The highest BCUT2D eigenvalue weighted by Gasteiger charge is 2.46. The van der Waals surface area contributed by atoms with Crippen molar-refractivity contribution in [1.29, 1.82) is 0 Å². The fourth-order valence-corrected chi connectivity index (χ4v) is 8.30. The first-order valence-electron chi connectivity index (χ1n) is 18.0. The Hall–Kier alpha value is -6.97. The zero-order valence-electron chi connectivity index (χ0n) is 28.9. The van der Waals surface area contributed by atoms with E-state index in [1.54, 1.807) is 0 Å². The fraction of sp³-hybridized carbons (Fsp3) is 0.0200. The minimum absolute atomic E-state index is 0.508. The van der Waals surface area contributed by atoms with E-state index >= 15 is 0 Å². The van der Waals surface area contributed by atoms with E-state index in [-0.39, 0.29) is 0 Å². The lowest BCUT2D eigenvalue weighted by Gasteiger charge is -2.35. The molecule has 250 valence electrons. The van der Waals surface area contributed by atoms with Gasteiger partial charge in [0.2, 0.25) is 5.89 Å². The Morgan fingerprint density at radius 1 is 0.415 bits per heavy atom. The molecule has 0 N–H and O–H groups in total. The SMILES string of the molecule is c1ccc(-c2ccccc2N(c2ccc(-c3nc4ccccc4o3)cc2)c2cccc(C3(c4ccccc4)c4ccccc4-c4ccccc43)c2)cc1. The molecule has 1 aliphatic carbocycles. The van der Waals surface area contributed by atoms with Gasteiger partial charge in [-0.25, -0.2) is 4.98 Å². The molecule has 0 saturated heterocycles. The third-order valence-corrected chi connectivity index (χ3v) is 10.6. The second-order valence-electron chi connectivity index (χ2n) is 13.5. The molecular weight excluding hydrogens is 645 g/mol. The van der Waals surface area contributed by atoms with Crippen molar-refractivity contribution in [3.05, 3.63) is 229 Å². The minimum Gasteiger partial charge on any atom is -0.436 e. The van der Waals surface area contributed by atoms with Crippen LogP contribution in [0.2, 0.25) is 0 Å². The normalized spacial score (nSPS) is 12.7. The summed E-state index contributed by atoms with van der Waals surface area (Å²) in [6.45, 7) is 0. The summed E-state index contributed by atoms with van der Waals surface area (Å²) in [5.41, 5.74) is 15.1. The molecule has 0 bridgehead atoms. The highest BCUT2D eigenvalue weighted by atomic mass is 16.3. The largest absolute Gasteiger partial charge is 0.436 e. The number of fused-ring (bicyclic) bond motifs is 4. The fourth-order valence-electron chi connectivity index (χ4n) is 8.30. The summed E-state index contributed by atoms with van der Waals surface area (Å²) in [7, 11) is 0. The number of oxazole rings is 1. The van der Waals surface area contributed by atoms with Gasteiger partial charge in [0, 0.05) is 22.5 Å². The Morgan fingerprint density at radius 3 is 1.72 bits per heavy atom. The van der Waals surface area contributed by atoms with Crippen molar-refractivity contribution in [2.75, 3.05) is 4.90 Å². The van der Waals surface area contributed by atoms with Gasteiger partial charge in [-0.1, -0.05) is 152 Å². The maximum absolute atomic E-state index is 6.16. The predicted octanol–water partition coefficient (Wildman–Crippen LogP) is 13.0. The van der Waals surface area contributed by atoms with Gasteiger partial charge in [-0.15, -0.1) is 0 Å². The number of aromatic nitrogens is 1. The quantitative estimate of drug-likeness (QED) is 0.168. The van der Waals surface area contributed by atoms with Gasteiger partial charge in [0.25, 0.3) is 0 Å². The molecule has 0 spiro atoms. The molecule has 3 nitrogen and oxygen atoms in total. The number of hydrogen-bond donors (Lipinski definition) is 0. The van der Waals surface area contributed by atoms with Crippen molar-refractivity contribution < 1.29 is 4.42 Å². The lowest BCUT2D eigenvalue weighted by atomic mass is 9.67. The molecule has 1 aromatic heterocycles. The lowest BCUT2D eigenvalue weighted by Crippen LogP contribution is -2.28. The second kappa shape index (κ2) is 12.7. The molecule has 9 aromatic rings. The Kier molecular flexibility index (Phi) is 7.36. The number of hydrogen-bond acceptors (Lipinski definition) is 3. The second-order valence-corrected chi connectivity index (χ2v) is 13.5. The van der Waals surface area contributed by atoms with Gasteiger partial charge in [0.1, 0.15) is 5.52 Å². The van der Waals surface area contributed by atoms with Gasteiger partial charge >= 0.3 is 0 Å². The van der Waals surface area contributed by atoms with Crippen LogP contribution in [0.5, 0.6) is 0 Å². The predicted molar refractivity (Wildman–Crippen MR) is 217 cm³/mol. The monoisotopic (exact) mass is 678 g/mol. The Balaban J connectivity index is 1.19. The standard InChI is InChI=1S/C50H34N2O/c1-3-16-35(17-4-1)41-22-9-13-28-47(41)52(39-32-30-36(31-33-39)49-51-46-27-12-14-29-48(46)53-49)40-21-15-20-38(34-40)50(37-18-5-2-6-19-37)44-25-10-7-23-42(44)43-24-8-11-26-45(43)50/h1-34H. The summed E-state index contributed by atoms with van der Waals surface area (Å²) in [5.74, 6) is 0.611. The number of benzene rings is 8. The molecule has 0 radical (unpaired) electrons. The van der Waals surface area contributed by atoms with E-state index < -0.39 is 5.41 Å². The molecule has 0 saturated carbocycles. The maximum Gasteiger partial charge on any atom is 0.227 e. The summed E-state index contributed by atoms with van der Waals surface area (Å²) in [5, 5.41) is 0. The zero-order chi connectivity index (χ0) is 35.2. The highest BCUT2D eigenvalue weighted by Crippen LogP contribution is 2.56. The van der Waals surface area contributed by atoms with Gasteiger partial charge in [0.15, 0.2) is 5.58 Å². The zero-order valence-corrected chi connectivity index (χ0v) is 28.9. The van der Waals surface area contributed by atoms with Gasteiger partial charge in [-0.05, 0) is 93.5 Å². The summed E-state index contributed by atoms with van der Waals surface area (Å²) in [4.78, 5) is 7.16. The smallest absolute Gasteiger partial charge is 0.227 e.